The predicted octanol–water partition coefficient (Wildman–Crippen LogP) is 2.59. The Morgan fingerprint density at radius 1 is 1.29 bits per heavy atom. The molecule has 0 unspecified atom stereocenters. The van der Waals surface area contributed by atoms with Gasteiger partial charge in [0.2, 0.25) is 5.91 Å². The van der Waals surface area contributed by atoms with E-state index in [2.05, 4.69) is 12.2 Å². The van der Waals surface area contributed by atoms with E-state index in [1.165, 1.54) is 5.56 Å². The molecule has 1 amide bonds. The topological polar surface area (TPSA) is 55.1 Å². The van der Waals surface area contributed by atoms with Gasteiger partial charge in [-0.3, -0.25) is 4.79 Å². The Hall–Kier alpha value is -1.06. The van der Waals surface area contributed by atoms with Crippen LogP contribution in [0.4, 0.5) is 5.69 Å². The zero-order valence-electron chi connectivity index (χ0n) is 10.6. The van der Waals surface area contributed by atoms with Crippen molar-refractivity contribution in [1.82, 2.24) is 0 Å². The Balaban J connectivity index is 0.00000256. The second-order valence-electron chi connectivity index (χ2n) is 4.31. The molecule has 0 aliphatic rings. The minimum absolute atomic E-state index is 0. The molecule has 1 atom stereocenters. The minimum atomic E-state index is -0.453. The Morgan fingerprint density at radius 2 is 1.82 bits per heavy atom. The van der Waals surface area contributed by atoms with E-state index in [0.29, 0.717) is 0 Å². The van der Waals surface area contributed by atoms with Crippen molar-refractivity contribution in [3.63, 3.8) is 0 Å². The van der Waals surface area contributed by atoms with Crippen LogP contribution < -0.4 is 11.1 Å². The summed E-state index contributed by atoms with van der Waals surface area (Å²) < 4.78 is 0. The summed E-state index contributed by atoms with van der Waals surface area (Å²) in [5.74, 6) is 0.0224. The molecule has 0 radical (unpaired) electrons. The highest BCUT2D eigenvalue weighted by atomic mass is 35.5. The summed E-state index contributed by atoms with van der Waals surface area (Å²) in [5, 5.41) is 2.81. The van der Waals surface area contributed by atoms with E-state index in [-0.39, 0.29) is 24.2 Å². The standard InChI is InChI=1S/C13H20N2O.ClH/c1-4-10-5-7-11(8-6-10)15-13(16)12(14)9(2)3;/h5-9,12H,4,14H2,1-3H3,(H,15,16);1H/t12-;/m1./s1. The fourth-order valence-electron chi connectivity index (χ4n) is 1.35. The molecule has 1 rings (SSSR count). The van der Waals surface area contributed by atoms with Crippen molar-refractivity contribution in [2.75, 3.05) is 5.32 Å². The average molecular weight is 257 g/mol. The summed E-state index contributed by atoms with van der Waals surface area (Å²) in [4.78, 5) is 11.7. The van der Waals surface area contributed by atoms with Gasteiger partial charge >= 0.3 is 0 Å². The molecule has 0 aliphatic heterocycles. The molecule has 0 heterocycles. The van der Waals surface area contributed by atoms with Crippen molar-refractivity contribution < 1.29 is 4.79 Å². The third-order valence-electron chi connectivity index (χ3n) is 2.65. The first-order chi connectivity index (χ1) is 7.54. The number of amides is 1. The summed E-state index contributed by atoms with van der Waals surface area (Å²) in [6.07, 6.45) is 1.000. The largest absolute Gasteiger partial charge is 0.325 e. The van der Waals surface area contributed by atoms with Gasteiger partial charge in [0.25, 0.3) is 0 Å². The number of nitrogens with one attached hydrogen (secondary N) is 1. The SMILES string of the molecule is CCc1ccc(NC(=O)[C@H](N)C(C)C)cc1.Cl. The second kappa shape index (κ2) is 7.30. The van der Waals surface area contributed by atoms with Crippen LogP contribution in [0.1, 0.15) is 26.3 Å². The molecular weight excluding hydrogens is 236 g/mol. The summed E-state index contributed by atoms with van der Waals surface area (Å²) in [6, 6.07) is 7.38. The fraction of sp³-hybridized carbons (Fsp3) is 0.462. The minimum Gasteiger partial charge on any atom is -0.325 e. The molecular formula is C13H21ClN2O. The Kier molecular flexibility index (Phi) is 6.85. The number of carbonyl (C=O) groups is 1. The van der Waals surface area contributed by atoms with Crippen molar-refractivity contribution in [3.8, 4) is 0 Å². The maximum absolute atomic E-state index is 11.7. The third kappa shape index (κ3) is 4.75. The van der Waals surface area contributed by atoms with Crippen molar-refractivity contribution in [3.05, 3.63) is 29.8 Å². The first-order valence-electron chi connectivity index (χ1n) is 5.70. The monoisotopic (exact) mass is 256 g/mol. The molecule has 0 aromatic heterocycles. The maximum atomic E-state index is 11.7. The molecule has 0 fully saturated rings. The van der Waals surface area contributed by atoms with E-state index in [1.807, 2.05) is 38.1 Å². The van der Waals surface area contributed by atoms with E-state index < -0.39 is 6.04 Å². The quantitative estimate of drug-likeness (QED) is 0.870. The first kappa shape index (κ1) is 15.9. The zero-order chi connectivity index (χ0) is 12.1. The maximum Gasteiger partial charge on any atom is 0.241 e. The number of nitrogens with two attached hydrogens (primary N) is 1. The van der Waals surface area contributed by atoms with Gasteiger partial charge in [0, 0.05) is 5.69 Å². The second-order valence-corrected chi connectivity index (χ2v) is 4.31. The fourth-order valence-corrected chi connectivity index (χ4v) is 1.35. The van der Waals surface area contributed by atoms with Gasteiger partial charge in [0.1, 0.15) is 0 Å². The average Bonchev–Trinajstić information content (AvgIpc) is 2.28. The van der Waals surface area contributed by atoms with Crippen molar-refractivity contribution in [2.45, 2.75) is 33.2 Å². The Labute approximate surface area is 109 Å². The smallest absolute Gasteiger partial charge is 0.241 e. The highest BCUT2D eigenvalue weighted by Crippen LogP contribution is 2.11. The molecule has 1 aromatic rings. The zero-order valence-corrected chi connectivity index (χ0v) is 11.4. The van der Waals surface area contributed by atoms with Crippen LogP contribution >= 0.6 is 12.4 Å². The Bertz CT molecular complexity index is 349. The van der Waals surface area contributed by atoms with Crippen LogP contribution in [0.5, 0.6) is 0 Å². The third-order valence-corrected chi connectivity index (χ3v) is 2.65. The van der Waals surface area contributed by atoms with Crippen molar-refractivity contribution in [1.29, 1.82) is 0 Å². The molecule has 0 saturated heterocycles. The molecule has 3 nitrogen and oxygen atoms in total. The van der Waals surface area contributed by atoms with E-state index in [0.717, 1.165) is 12.1 Å². The molecule has 1 aromatic carbocycles. The van der Waals surface area contributed by atoms with E-state index in [1.54, 1.807) is 0 Å². The molecule has 3 N–H and O–H groups in total. The van der Waals surface area contributed by atoms with Crippen LogP contribution in [0, 0.1) is 5.92 Å². The van der Waals surface area contributed by atoms with Gasteiger partial charge in [-0.2, -0.15) is 0 Å². The van der Waals surface area contributed by atoms with Crippen LogP contribution in [0.3, 0.4) is 0 Å². The van der Waals surface area contributed by atoms with Gasteiger partial charge in [-0.25, -0.2) is 0 Å². The van der Waals surface area contributed by atoms with Crippen molar-refractivity contribution in [2.24, 2.45) is 11.7 Å². The number of carbonyl (C=O) groups excluding carboxylic acids is 1. The summed E-state index contributed by atoms with van der Waals surface area (Å²) in [6.45, 7) is 5.97. The number of hydrogen-bond donors (Lipinski definition) is 2. The number of benzene rings is 1. The lowest BCUT2D eigenvalue weighted by Gasteiger charge is -2.15. The molecule has 0 saturated carbocycles. The lowest BCUT2D eigenvalue weighted by molar-refractivity contribution is -0.118. The number of anilines is 1. The summed E-state index contributed by atoms with van der Waals surface area (Å²) in [5.41, 5.74) is 7.81. The predicted molar refractivity (Wildman–Crippen MR) is 74.5 cm³/mol. The summed E-state index contributed by atoms with van der Waals surface area (Å²) in [7, 11) is 0. The molecule has 0 spiro atoms. The Morgan fingerprint density at radius 3 is 2.24 bits per heavy atom. The van der Waals surface area contributed by atoms with E-state index in [9.17, 15) is 4.79 Å². The normalized spacial score (nSPS) is 11.8. The van der Waals surface area contributed by atoms with Gasteiger partial charge in [0.05, 0.1) is 6.04 Å². The number of halogens is 1. The van der Waals surface area contributed by atoms with Gasteiger partial charge in [-0.15, -0.1) is 12.4 Å². The summed E-state index contributed by atoms with van der Waals surface area (Å²) >= 11 is 0. The van der Waals surface area contributed by atoms with Crippen LogP contribution in [0.2, 0.25) is 0 Å². The molecule has 0 aliphatic carbocycles. The lowest BCUT2D eigenvalue weighted by Crippen LogP contribution is -2.39. The highest BCUT2D eigenvalue weighted by Gasteiger charge is 2.16. The first-order valence-corrected chi connectivity index (χ1v) is 5.70. The van der Waals surface area contributed by atoms with Crippen LogP contribution in [0.25, 0.3) is 0 Å². The number of aryl methyl sites for hydroxylation is 1. The number of rotatable bonds is 4. The molecule has 0 bridgehead atoms. The molecule has 17 heavy (non-hydrogen) atoms. The van der Waals surface area contributed by atoms with Gasteiger partial charge in [-0.05, 0) is 30.0 Å². The van der Waals surface area contributed by atoms with Crippen LogP contribution in [-0.2, 0) is 11.2 Å². The number of hydrogen-bond acceptors (Lipinski definition) is 2. The lowest BCUT2D eigenvalue weighted by atomic mass is 10.0. The van der Waals surface area contributed by atoms with Gasteiger partial charge < -0.3 is 11.1 Å². The molecule has 4 heteroatoms. The molecule has 96 valence electrons. The highest BCUT2D eigenvalue weighted by molar-refractivity contribution is 5.94. The van der Waals surface area contributed by atoms with Crippen LogP contribution in [0.15, 0.2) is 24.3 Å². The van der Waals surface area contributed by atoms with Crippen LogP contribution in [-0.4, -0.2) is 11.9 Å². The van der Waals surface area contributed by atoms with E-state index in [4.69, 9.17) is 5.73 Å². The van der Waals surface area contributed by atoms with Gasteiger partial charge in [-0.1, -0.05) is 32.9 Å². The van der Waals surface area contributed by atoms with Gasteiger partial charge in [0.15, 0.2) is 0 Å². The van der Waals surface area contributed by atoms with E-state index >= 15 is 0 Å². The van der Waals surface area contributed by atoms with Crippen molar-refractivity contribution >= 4 is 24.0 Å².